The predicted molar refractivity (Wildman–Crippen MR) is 113 cm³/mol. The molecule has 4 rings (SSSR count). The van der Waals surface area contributed by atoms with Crippen LogP contribution in [-0.4, -0.2) is 25.0 Å². The molecule has 3 heterocycles. The van der Waals surface area contributed by atoms with Gasteiger partial charge in [-0.3, -0.25) is 0 Å². The van der Waals surface area contributed by atoms with Crippen LogP contribution in [0.4, 0.5) is 13.2 Å². The Morgan fingerprint density at radius 3 is 2.32 bits per heavy atom. The molecule has 0 unspecified atom stereocenters. The van der Waals surface area contributed by atoms with Crippen LogP contribution in [0.25, 0.3) is 33.4 Å². The number of aromatic amines is 1. The maximum Gasteiger partial charge on any atom is 0.417 e. The van der Waals surface area contributed by atoms with Crippen LogP contribution in [0.3, 0.4) is 0 Å². The summed E-state index contributed by atoms with van der Waals surface area (Å²) in [5, 5.41) is 9.76. The highest BCUT2D eigenvalue weighted by molar-refractivity contribution is 6.38. The van der Waals surface area contributed by atoms with Crippen LogP contribution in [0.15, 0.2) is 24.5 Å². The molecule has 0 aliphatic rings. The fraction of sp³-hybridized carbons (Fsp3) is 0.227. The Bertz CT molecular complexity index is 1350. The number of fused-ring (bicyclic) bond motifs is 1. The molecule has 0 atom stereocenters. The van der Waals surface area contributed by atoms with E-state index in [0.717, 1.165) is 6.20 Å². The topological polar surface area (TPSA) is 74.7 Å². The van der Waals surface area contributed by atoms with Gasteiger partial charge in [0.2, 0.25) is 0 Å². The minimum Gasteiger partial charge on any atom is -0.508 e. The molecule has 0 radical (unpaired) electrons. The third-order valence-electron chi connectivity index (χ3n) is 5.33. The van der Waals surface area contributed by atoms with Crippen molar-refractivity contribution in [3.05, 3.63) is 57.8 Å². The standard InChI is InChI=1S/C22H18ClF3N4O/c1-9-5-6-15(31)10(2)16(9)14-8-28-21-17(18(14)22(24,25)26)19(23)20(30-21)13-7-27-12(4)29-11(13)3/h5-8,31H,1-4H3,(H,28,30). The average Bonchev–Trinajstić information content (AvgIpc) is 3.00. The van der Waals surface area contributed by atoms with Crippen molar-refractivity contribution in [1.29, 1.82) is 0 Å². The average molecular weight is 447 g/mol. The number of halogens is 4. The summed E-state index contributed by atoms with van der Waals surface area (Å²) >= 11 is 6.51. The summed E-state index contributed by atoms with van der Waals surface area (Å²) in [4.78, 5) is 15.5. The minimum atomic E-state index is -4.72. The van der Waals surface area contributed by atoms with Crippen LogP contribution in [0.2, 0.25) is 5.02 Å². The first-order chi connectivity index (χ1) is 14.5. The van der Waals surface area contributed by atoms with Crippen LogP contribution in [0, 0.1) is 27.7 Å². The molecular formula is C22H18ClF3N4O. The summed E-state index contributed by atoms with van der Waals surface area (Å²) in [5.41, 5.74) is 1.48. The van der Waals surface area contributed by atoms with Gasteiger partial charge < -0.3 is 10.1 Å². The first kappa shape index (κ1) is 21.1. The number of nitrogens with zero attached hydrogens (tertiary/aromatic N) is 3. The minimum absolute atomic E-state index is 0.00603. The van der Waals surface area contributed by atoms with Gasteiger partial charge >= 0.3 is 6.18 Å². The number of aromatic hydroxyl groups is 1. The smallest absolute Gasteiger partial charge is 0.417 e. The second-order valence-corrected chi connectivity index (χ2v) is 7.78. The quantitative estimate of drug-likeness (QED) is 0.379. The van der Waals surface area contributed by atoms with Crippen LogP contribution in [0.5, 0.6) is 5.75 Å². The first-order valence-electron chi connectivity index (χ1n) is 9.38. The number of pyridine rings is 1. The summed E-state index contributed by atoms with van der Waals surface area (Å²) in [6, 6.07) is 3.02. The Morgan fingerprint density at radius 1 is 1.00 bits per heavy atom. The van der Waals surface area contributed by atoms with Crippen molar-refractivity contribution >= 4 is 22.6 Å². The highest BCUT2D eigenvalue weighted by Gasteiger charge is 2.39. The molecule has 0 saturated carbocycles. The molecule has 160 valence electrons. The van der Waals surface area contributed by atoms with Gasteiger partial charge in [0.25, 0.3) is 0 Å². The lowest BCUT2D eigenvalue weighted by Gasteiger charge is -2.18. The number of aromatic nitrogens is 4. The molecular weight excluding hydrogens is 429 g/mol. The van der Waals surface area contributed by atoms with Gasteiger partial charge in [-0.15, -0.1) is 0 Å². The summed E-state index contributed by atoms with van der Waals surface area (Å²) in [7, 11) is 0. The van der Waals surface area contributed by atoms with Crippen molar-refractivity contribution in [2.45, 2.75) is 33.9 Å². The molecule has 0 saturated heterocycles. The van der Waals surface area contributed by atoms with E-state index in [9.17, 15) is 18.3 Å². The maximum atomic E-state index is 14.4. The lowest BCUT2D eigenvalue weighted by Crippen LogP contribution is -2.10. The van der Waals surface area contributed by atoms with E-state index in [4.69, 9.17) is 11.6 Å². The largest absolute Gasteiger partial charge is 0.508 e. The molecule has 1 aromatic carbocycles. The molecule has 9 heteroatoms. The SMILES string of the molecule is Cc1ncc(-c2[nH]c3ncc(-c4c(C)ccc(O)c4C)c(C(F)(F)F)c3c2Cl)c(C)n1. The Hall–Kier alpha value is -3.13. The molecule has 31 heavy (non-hydrogen) atoms. The van der Waals surface area contributed by atoms with Gasteiger partial charge in [0.15, 0.2) is 0 Å². The van der Waals surface area contributed by atoms with Crippen LogP contribution >= 0.6 is 11.6 Å². The first-order valence-corrected chi connectivity index (χ1v) is 9.76. The van der Waals surface area contributed by atoms with Crippen LogP contribution < -0.4 is 0 Å². The van der Waals surface area contributed by atoms with E-state index in [1.807, 2.05) is 0 Å². The molecule has 2 N–H and O–H groups in total. The molecule has 0 aliphatic carbocycles. The molecule has 0 aliphatic heterocycles. The summed E-state index contributed by atoms with van der Waals surface area (Å²) in [5.74, 6) is 0.446. The monoisotopic (exact) mass is 446 g/mol. The van der Waals surface area contributed by atoms with Crippen molar-refractivity contribution in [1.82, 2.24) is 19.9 Å². The van der Waals surface area contributed by atoms with Gasteiger partial charge in [0.1, 0.15) is 17.2 Å². The number of H-pyrrole nitrogens is 1. The van der Waals surface area contributed by atoms with Gasteiger partial charge in [0, 0.05) is 23.5 Å². The highest BCUT2D eigenvalue weighted by atomic mass is 35.5. The summed E-state index contributed by atoms with van der Waals surface area (Å²) in [6.07, 6.45) is -2.04. The molecule has 0 spiro atoms. The number of phenolic OH excluding ortho intramolecular Hbond substituents is 1. The van der Waals surface area contributed by atoms with E-state index in [2.05, 4.69) is 19.9 Å². The lowest BCUT2D eigenvalue weighted by atomic mass is 9.91. The highest BCUT2D eigenvalue weighted by Crippen LogP contribution is 2.47. The number of phenols is 1. The van der Waals surface area contributed by atoms with Gasteiger partial charge in [-0.05, 0) is 50.5 Å². The Morgan fingerprint density at radius 2 is 1.68 bits per heavy atom. The van der Waals surface area contributed by atoms with Gasteiger partial charge in [-0.1, -0.05) is 17.7 Å². The lowest BCUT2D eigenvalue weighted by molar-refractivity contribution is -0.135. The molecule has 0 bridgehead atoms. The Labute approximate surface area is 181 Å². The van der Waals surface area contributed by atoms with Gasteiger partial charge in [-0.25, -0.2) is 15.0 Å². The van der Waals surface area contributed by atoms with Crippen molar-refractivity contribution in [2.75, 3.05) is 0 Å². The number of hydrogen-bond acceptors (Lipinski definition) is 4. The predicted octanol–water partition coefficient (Wildman–Crippen LogP) is 6.30. The third-order valence-corrected chi connectivity index (χ3v) is 5.71. The van der Waals surface area contributed by atoms with Gasteiger partial charge in [0.05, 0.1) is 27.4 Å². The van der Waals surface area contributed by atoms with Crippen molar-refractivity contribution < 1.29 is 18.3 Å². The van der Waals surface area contributed by atoms with E-state index >= 15 is 0 Å². The van der Waals surface area contributed by atoms with Gasteiger partial charge in [-0.2, -0.15) is 13.2 Å². The van der Waals surface area contributed by atoms with Crippen LogP contribution in [-0.2, 0) is 6.18 Å². The summed E-state index contributed by atoms with van der Waals surface area (Å²) < 4.78 is 43.1. The third kappa shape index (κ3) is 3.40. The summed E-state index contributed by atoms with van der Waals surface area (Å²) in [6.45, 7) is 6.70. The van der Waals surface area contributed by atoms with Crippen LogP contribution in [0.1, 0.15) is 28.2 Å². The van der Waals surface area contributed by atoms with E-state index in [1.54, 1.807) is 33.8 Å². The maximum absolute atomic E-state index is 14.4. The zero-order valence-corrected chi connectivity index (χ0v) is 17.9. The molecule has 4 aromatic rings. The Balaban J connectivity index is 2.11. The number of nitrogens with one attached hydrogen (secondary N) is 1. The zero-order valence-electron chi connectivity index (χ0n) is 17.1. The fourth-order valence-electron chi connectivity index (χ4n) is 3.87. The van der Waals surface area contributed by atoms with Crippen molar-refractivity contribution in [3.63, 3.8) is 0 Å². The number of rotatable bonds is 2. The number of benzene rings is 1. The number of aryl methyl sites for hydroxylation is 3. The van der Waals surface area contributed by atoms with E-state index in [1.165, 1.54) is 12.3 Å². The second-order valence-electron chi connectivity index (χ2n) is 7.40. The normalized spacial score (nSPS) is 12.0. The molecule has 3 aromatic heterocycles. The van der Waals surface area contributed by atoms with Crippen molar-refractivity contribution in [3.8, 4) is 28.1 Å². The second kappa shape index (κ2) is 7.23. The fourth-order valence-corrected chi connectivity index (χ4v) is 4.20. The number of hydrogen-bond donors (Lipinski definition) is 2. The molecule has 0 amide bonds. The molecule has 0 fully saturated rings. The van der Waals surface area contributed by atoms with Crippen molar-refractivity contribution in [2.24, 2.45) is 0 Å². The van der Waals surface area contributed by atoms with E-state index in [-0.39, 0.29) is 38.6 Å². The number of alkyl halides is 3. The van der Waals surface area contributed by atoms with E-state index in [0.29, 0.717) is 28.2 Å². The zero-order chi connectivity index (χ0) is 22.7. The molecule has 5 nitrogen and oxygen atoms in total. The van der Waals surface area contributed by atoms with E-state index < -0.39 is 11.7 Å². The Kier molecular flexibility index (Phi) is 4.93.